The lowest BCUT2D eigenvalue weighted by Crippen LogP contribution is -2.45. The van der Waals surface area contributed by atoms with Crippen LogP contribution in [0.3, 0.4) is 0 Å². The lowest BCUT2D eigenvalue weighted by atomic mass is 9.82. The highest BCUT2D eigenvalue weighted by molar-refractivity contribution is 6.32. The normalized spacial score (nSPS) is 12.1. The van der Waals surface area contributed by atoms with Gasteiger partial charge in [0.25, 0.3) is 0 Å². The van der Waals surface area contributed by atoms with Gasteiger partial charge in [-0.2, -0.15) is 13.2 Å². The van der Waals surface area contributed by atoms with Crippen LogP contribution in [0, 0.1) is 6.92 Å². The fraction of sp³-hybridized carbons (Fsp3) is 0.250. The highest BCUT2D eigenvalue weighted by Gasteiger charge is 2.37. The average Bonchev–Trinajstić information content (AvgIpc) is 2.93. The standard InChI is InChI=1S/C32H32ClF3N2O/c1-23-28(37)18-10-19-29(23)39-21-11-20-38(22-24-12-9-17-27(30(24)33)32(34,35)36)31(2,25-13-5-3-6-14-25)26-15-7-4-8-16-26/h3-10,12-19H,11,20-22,37H2,1-2H3. The highest BCUT2D eigenvalue weighted by Crippen LogP contribution is 2.40. The van der Waals surface area contributed by atoms with E-state index in [1.165, 1.54) is 6.07 Å². The van der Waals surface area contributed by atoms with E-state index < -0.39 is 17.3 Å². The van der Waals surface area contributed by atoms with Crippen molar-refractivity contribution in [2.45, 2.75) is 38.5 Å². The SMILES string of the molecule is Cc1c(N)cccc1OCCCN(Cc1cccc(C(F)(F)F)c1Cl)C(C)(c1ccccc1)c1ccccc1. The van der Waals surface area contributed by atoms with Gasteiger partial charge in [0.1, 0.15) is 5.75 Å². The molecule has 0 atom stereocenters. The topological polar surface area (TPSA) is 38.5 Å². The predicted octanol–water partition coefficient (Wildman–Crippen LogP) is 8.48. The van der Waals surface area contributed by atoms with Gasteiger partial charge in [0.2, 0.25) is 0 Å². The Morgan fingerprint density at radius 2 is 1.41 bits per heavy atom. The van der Waals surface area contributed by atoms with Crippen molar-refractivity contribution >= 4 is 17.3 Å². The summed E-state index contributed by atoms with van der Waals surface area (Å²) in [5.41, 5.74) is 8.53. The fourth-order valence-electron chi connectivity index (χ4n) is 4.87. The Kier molecular flexibility index (Phi) is 8.88. The van der Waals surface area contributed by atoms with Crippen molar-refractivity contribution in [2.75, 3.05) is 18.9 Å². The summed E-state index contributed by atoms with van der Waals surface area (Å²) in [6.45, 7) is 5.17. The molecule has 0 aliphatic carbocycles. The third-order valence-corrected chi connectivity index (χ3v) is 7.65. The molecule has 0 spiro atoms. The van der Waals surface area contributed by atoms with Crippen LogP contribution in [0.25, 0.3) is 0 Å². The first-order valence-electron chi connectivity index (χ1n) is 12.8. The first-order chi connectivity index (χ1) is 18.6. The lowest BCUT2D eigenvalue weighted by Gasteiger charge is -2.43. The smallest absolute Gasteiger partial charge is 0.417 e. The maximum Gasteiger partial charge on any atom is 0.417 e. The maximum absolute atomic E-state index is 13.7. The molecular weight excluding hydrogens is 521 g/mol. The zero-order valence-electron chi connectivity index (χ0n) is 22.0. The molecule has 4 aromatic carbocycles. The van der Waals surface area contributed by atoms with Gasteiger partial charge in [-0.3, -0.25) is 4.90 Å². The van der Waals surface area contributed by atoms with Crippen LogP contribution in [-0.4, -0.2) is 18.1 Å². The van der Waals surface area contributed by atoms with E-state index in [0.29, 0.717) is 30.8 Å². The lowest BCUT2D eigenvalue weighted by molar-refractivity contribution is -0.137. The van der Waals surface area contributed by atoms with E-state index in [9.17, 15) is 13.2 Å². The van der Waals surface area contributed by atoms with Crippen molar-refractivity contribution < 1.29 is 17.9 Å². The van der Waals surface area contributed by atoms with Crippen LogP contribution in [0.1, 0.15) is 41.2 Å². The minimum Gasteiger partial charge on any atom is -0.493 e. The molecule has 0 radical (unpaired) electrons. The largest absolute Gasteiger partial charge is 0.493 e. The summed E-state index contributed by atoms with van der Waals surface area (Å²) in [6.07, 6.45) is -3.91. The molecule has 0 unspecified atom stereocenters. The number of nitrogens with two attached hydrogens (primary N) is 1. The second-order valence-corrected chi connectivity index (χ2v) is 10.1. The van der Waals surface area contributed by atoms with E-state index in [1.807, 2.05) is 85.8 Å². The van der Waals surface area contributed by atoms with Crippen LogP contribution in [0.15, 0.2) is 97.1 Å². The number of halogens is 4. The number of alkyl halides is 3. The van der Waals surface area contributed by atoms with Crippen LogP contribution in [0.2, 0.25) is 5.02 Å². The van der Waals surface area contributed by atoms with Crippen LogP contribution < -0.4 is 10.5 Å². The molecular formula is C32H32ClF3N2O. The minimum atomic E-state index is -4.54. The van der Waals surface area contributed by atoms with E-state index in [1.54, 1.807) is 6.07 Å². The first kappa shape index (κ1) is 28.5. The van der Waals surface area contributed by atoms with Gasteiger partial charge < -0.3 is 10.5 Å². The second-order valence-electron chi connectivity index (χ2n) is 9.67. The molecule has 204 valence electrons. The van der Waals surface area contributed by atoms with Gasteiger partial charge in [-0.05, 0) is 55.2 Å². The Morgan fingerprint density at radius 3 is 2.00 bits per heavy atom. The number of nitrogen functional groups attached to an aromatic ring is 1. The van der Waals surface area contributed by atoms with Gasteiger partial charge >= 0.3 is 6.18 Å². The second kappa shape index (κ2) is 12.1. The third-order valence-electron chi connectivity index (χ3n) is 7.21. The number of ether oxygens (including phenoxy) is 1. The molecule has 4 aromatic rings. The Bertz CT molecular complexity index is 1340. The molecule has 3 nitrogen and oxygen atoms in total. The summed E-state index contributed by atoms with van der Waals surface area (Å²) < 4.78 is 47.1. The zero-order chi connectivity index (χ0) is 28.0. The number of nitrogens with zero attached hydrogens (tertiary/aromatic N) is 1. The van der Waals surface area contributed by atoms with Gasteiger partial charge in [-0.1, -0.05) is 90.5 Å². The van der Waals surface area contributed by atoms with Crippen molar-refractivity contribution in [1.29, 1.82) is 0 Å². The van der Waals surface area contributed by atoms with Crippen LogP contribution in [-0.2, 0) is 18.3 Å². The van der Waals surface area contributed by atoms with Crippen molar-refractivity contribution in [2.24, 2.45) is 0 Å². The molecule has 7 heteroatoms. The molecule has 0 heterocycles. The van der Waals surface area contributed by atoms with E-state index in [0.717, 1.165) is 28.5 Å². The Hall–Kier alpha value is -3.48. The minimum absolute atomic E-state index is 0.209. The molecule has 0 aliphatic heterocycles. The summed E-state index contributed by atoms with van der Waals surface area (Å²) in [4.78, 5) is 2.18. The highest BCUT2D eigenvalue weighted by atomic mass is 35.5. The maximum atomic E-state index is 13.7. The van der Waals surface area contributed by atoms with Gasteiger partial charge in [0.15, 0.2) is 0 Å². The number of hydrogen-bond acceptors (Lipinski definition) is 3. The van der Waals surface area contributed by atoms with Crippen LogP contribution >= 0.6 is 11.6 Å². The van der Waals surface area contributed by atoms with Gasteiger partial charge in [-0.25, -0.2) is 0 Å². The predicted molar refractivity (Wildman–Crippen MR) is 152 cm³/mol. The van der Waals surface area contributed by atoms with E-state index in [4.69, 9.17) is 22.1 Å². The number of rotatable bonds is 10. The average molecular weight is 553 g/mol. The molecule has 4 rings (SSSR count). The van der Waals surface area contributed by atoms with E-state index >= 15 is 0 Å². The molecule has 0 aromatic heterocycles. The Balaban J connectivity index is 1.70. The molecule has 2 N–H and O–H groups in total. The van der Waals surface area contributed by atoms with Crippen LogP contribution in [0.5, 0.6) is 5.75 Å². The molecule has 0 amide bonds. The summed E-state index contributed by atoms with van der Waals surface area (Å²) in [5, 5.41) is -0.273. The summed E-state index contributed by atoms with van der Waals surface area (Å²) in [5.74, 6) is 0.719. The first-order valence-corrected chi connectivity index (χ1v) is 13.2. The molecule has 0 aliphatic rings. The summed E-state index contributed by atoms with van der Waals surface area (Å²) >= 11 is 6.37. The molecule has 0 bridgehead atoms. The molecule has 0 fully saturated rings. The van der Waals surface area contributed by atoms with E-state index in [-0.39, 0.29) is 11.6 Å². The number of hydrogen-bond donors (Lipinski definition) is 1. The van der Waals surface area contributed by atoms with Crippen LogP contribution in [0.4, 0.5) is 18.9 Å². The Morgan fingerprint density at radius 1 is 0.821 bits per heavy atom. The summed E-state index contributed by atoms with van der Waals surface area (Å²) in [7, 11) is 0. The quantitative estimate of drug-likeness (QED) is 0.158. The number of anilines is 1. The van der Waals surface area contributed by atoms with E-state index in [2.05, 4.69) is 11.8 Å². The van der Waals surface area contributed by atoms with Crippen molar-refractivity contribution in [3.05, 3.63) is 130 Å². The summed E-state index contributed by atoms with van der Waals surface area (Å²) in [6, 6.07) is 29.6. The number of benzene rings is 4. The van der Waals surface area contributed by atoms with Gasteiger partial charge in [-0.15, -0.1) is 0 Å². The van der Waals surface area contributed by atoms with Crippen molar-refractivity contribution in [1.82, 2.24) is 4.90 Å². The Labute approximate surface area is 233 Å². The zero-order valence-corrected chi connectivity index (χ0v) is 22.8. The molecule has 0 saturated carbocycles. The van der Waals surface area contributed by atoms with Crippen molar-refractivity contribution in [3.63, 3.8) is 0 Å². The van der Waals surface area contributed by atoms with Gasteiger partial charge in [0.05, 0.1) is 22.7 Å². The molecule has 39 heavy (non-hydrogen) atoms. The van der Waals surface area contributed by atoms with Gasteiger partial charge in [0, 0.05) is 24.3 Å². The fourth-order valence-corrected chi connectivity index (χ4v) is 5.16. The monoisotopic (exact) mass is 552 g/mol. The third kappa shape index (κ3) is 6.40. The molecule has 0 saturated heterocycles. The van der Waals surface area contributed by atoms with Crippen molar-refractivity contribution in [3.8, 4) is 5.75 Å².